The summed E-state index contributed by atoms with van der Waals surface area (Å²) < 4.78 is 0. The lowest BCUT2D eigenvalue weighted by atomic mass is 10.0. The maximum Gasteiger partial charge on any atom is 0.224 e. The van der Waals surface area contributed by atoms with Crippen LogP contribution in [0.15, 0.2) is 84.9 Å². The summed E-state index contributed by atoms with van der Waals surface area (Å²) in [5, 5.41) is 13.2. The molecule has 2 atom stereocenters. The molecule has 27 heavy (non-hydrogen) atoms. The van der Waals surface area contributed by atoms with Crippen LogP contribution in [0.4, 0.5) is 0 Å². The molecule has 0 radical (unpaired) electrons. The first-order chi connectivity index (χ1) is 13.1. The quantitative estimate of drug-likeness (QED) is 0.670. The van der Waals surface area contributed by atoms with Crippen molar-refractivity contribution in [1.29, 1.82) is 0 Å². The highest BCUT2D eigenvalue weighted by atomic mass is 16.3. The molecule has 0 unspecified atom stereocenters. The van der Waals surface area contributed by atoms with Crippen LogP contribution in [0, 0.1) is 0 Å². The molecule has 0 aromatic heterocycles. The minimum atomic E-state index is -0.614. The van der Waals surface area contributed by atoms with Crippen LogP contribution in [0.25, 0.3) is 11.1 Å². The Labute approximate surface area is 160 Å². The minimum Gasteiger partial charge on any atom is -0.391 e. The lowest BCUT2D eigenvalue weighted by Gasteiger charge is -2.20. The van der Waals surface area contributed by atoms with E-state index in [-0.39, 0.29) is 11.9 Å². The normalized spacial score (nSPS) is 13.0. The van der Waals surface area contributed by atoms with Gasteiger partial charge in [-0.15, -0.1) is 0 Å². The SMILES string of the molecule is C[C@H](NC(=O)Cc1ccc(-c2ccccc2)cc1)[C@H](O)Cc1ccccc1. The standard InChI is InChI=1S/C24H25NO2/c1-18(23(26)16-19-8-4-2-5-9-19)25-24(27)17-20-12-14-22(15-13-20)21-10-6-3-7-11-21/h2-15,18,23,26H,16-17H2,1H3,(H,25,27)/t18-,23+/m0/s1. The molecule has 0 aliphatic heterocycles. The highest BCUT2D eigenvalue weighted by Gasteiger charge is 2.17. The van der Waals surface area contributed by atoms with Gasteiger partial charge >= 0.3 is 0 Å². The van der Waals surface area contributed by atoms with Crippen LogP contribution in [-0.2, 0) is 17.6 Å². The third-order valence-electron chi connectivity index (χ3n) is 4.68. The van der Waals surface area contributed by atoms with E-state index in [1.165, 1.54) is 0 Å². The van der Waals surface area contributed by atoms with Gasteiger partial charge in [0, 0.05) is 6.42 Å². The summed E-state index contributed by atoms with van der Waals surface area (Å²) >= 11 is 0. The van der Waals surface area contributed by atoms with E-state index in [1.807, 2.05) is 79.7 Å². The van der Waals surface area contributed by atoms with Crippen molar-refractivity contribution in [3.63, 3.8) is 0 Å². The van der Waals surface area contributed by atoms with E-state index in [9.17, 15) is 9.90 Å². The highest BCUT2D eigenvalue weighted by molar-refractivity contribution is 5.79. The maximum atomic E-state index is 12.3. The van der Waals surface area contributed by atoms with E-state index in [2.05, 4.69) is 17.4 Å². The van der Waals surface area contributed by atoms with Gasteiger partial charge in [-0.05, 0) is 29.2 Å². The van der Waals surface area contributed by atoms with Crippen LogP contribution in [0.3, 0.4) is 0 Å². The molecule has 0 heterocycles. The average molecular weight is 359 g/mol. The van der Waals surface area contributed by atoms with Gasteiger partial charge < -0.3 is 10.4 Å². The molecular formula is C24H25NO2. The fourth-order valence-electron chi connectivity index (χ4n) is 3.06. The van der Waals surface area contributed by atoms with Gasteiger partial charge in [0.15, 0.2) is 0 Å². The summed E-state index contributed by atoms with van der Waals surface area (Å²) in [5.41, 5.74) is 4.30. The number of carbonyl (C=O) groups excluding carboxylic acids is 1. The molecule has 138 valence electrons. The van der Waals surface area contributed by atoms with Gasteiger partial charge in [0.25, 0.3) is 0 Å². The maximum absolute atomic E-state index is 12.3. The Bertz CT molecular complexity index is 845. The first-order valence-electron chi connectivity index (χ1n) is 9.27. The summed E-state index contributed by atoms with van der Waals surface area (Å²) in [6.07, 6.45) is 0.211. The third-order valence-corrected chi connectivity index (χ3v) is 4.68. The fourth-order valence-corrected chi connectivity index (χ4v) is 3.06. The van der Waals surface area contributed by atoms with Crippen LogP contribution in [0.5, 0.6) is 0 Å². The molecule has 2 N–H and O–H groups in total. The molecule has 3 rings (SSSR count). The number of aliphatic hydroxyl groups is 1. The Morgan fingerprint density at radius 3 is 2.00 bits per heavy atom. The number of carbonyl (C=O) groups is 1. The molecule has 0 aliphatic rings. The van der Waals surface area contributed by atoms with Crippen LogP contribution in [-0.4, -0.2) is 23.2 Å². The van der Waals surface area contributed by atoms with Gasteiger partial charge in [-0.2, -0.15) is 0 Å². The van der Waals surface area contributed by atoms with Crippen LogP contribution >= 0.6 is 0 Å². The van der Waals surface area contributed by atoms with E-state index in [1.54, 1.807) is 0 Å². The number of hydrogen-bond donors (Lipinski definition) is 2. The van der Waals surface area contributed by atoms with E-state index >= 15 is 0 Å². The summed E-state index contributed by atoms with van der Waals surface area (Å²) in [6, 6.07) is 27.7. The second-order valence-corrected chi connectivity index (χ2v) is 6.85. The molecule has 0 aliphatic carbocycles. The zero-order valence-corrected chi connectivity index (χ0v) is 15.5. The largest absolute Gasteiger partial charge is 0.391 e. The molecule has 0 saturated heterocycles. The van der Waals surface area contributed by atoms with Crippen molar-refractivity contribution in [3.8, 4) is 11.1 Å². The number of benzene rings is 3. The van der Waals surface area contributed by atoms with E-state index in [0.717, 1.165) is 22.3 Å². The molecule has 3 nitrogen and oxygen atoms in total. The van der Waals surface area contributed by atoms with Crippen molar-refractivity contribution in [3.05, 3.63) is 96.1 Å². The van der Waals surface area contributed by atoms with Crippen molar-refractivity contribution in [1.82, 2.24) is 5.32 Å². The van der Waals surface area contributed by atoms with Crippen LogP contribution in [0.2, 0.25) is 0 Å². The van der Waals surface area contributed by atoms with Gasteiger partial charge in [-0.3, -0.25) is 4.79 Å². The molecule has 0 saturated carbocycles. The summed E-state index contributed by atoms with van der Waals surface area (Å²) in [6.45, 7) is 1.84. The van der Waals surface area contributed by atoms with E-state index in [4.69, 9.17) is 0 Å². The first kappa shape index (κ1) is 18.9. The first-order valence-corrected chi connectivity index (χ1v) is 9.27. The van der Waals surface area contributed by atoms with E-state index in [0.29, 0.717) is 12.8 Å². The van der Waals surface area contributed by atoms with E-state index < -0.39 is 6.10 Å². The summed E-state index contributed by atoms with van der Waals surface area (Å²) in [4.78, 5) is 12.3. The molecular weight excluding hydrogens is 334 g/mol. The van der Waals surface area contributed by atoms with Gasteiger partial charge in [-0.25, -0.2) is 0 Å². The van der Waals surface area contributed by atoms with Gasteiger partial charge in [0.05, 0.1) is 18.6 Å². The van der Waals surface area contributed by atoms with Gasteiger partial charge in [0.2, 0.25) is 5.91 Å². The second-order valence-electron chi connectivity index (χ2n) is 6.85. The smallest absolute Gasteiger partial charge is 0.224 e. The van der Waals surface area contributed by atoms with Crippen molar-refractivity contribution in [2.75, 3.05) is 0 Å². The van der Waals surface area contributed by atoms with Crippen LogP contribution in [0.1, 0.15) is 18.1 Å². The molecule has 3 heteroatoms. The predicted molar refractivity (Wildman–Crippen MR) is 109 cm³/mol. The highest BCUT2D eigenvalue weighted by Crippen LogP contribution is 2.19. The summed E-state index contributed by atoms with van der Waals surface area (Å²) in [5.74, 6) is -0.0814. The number of amides is 1. The monoisotopic (exact) mass is 359 g/mol. The molecule has 3 aromatic rings. The number of nitrogens with one attached hydrogen (secondary N) is 1. The Kier molecular flexibility index (Phi) is 6.39. The lowest BCUT2D eigenvalue weighted by Crippen LogP contribution is -2.42. The summed E-state index contributed by atoms with van der Waals surface area (Å²) in [7, 11) is 0. The van der Waals surface area contributed by atoms with Crippen molar-refractivity contribution < 1.29 is 9.90 Å². The number of rotatable bonds is 7. The molecule has 3 aromatic carbocycles. The predicted octanol–water partition coefficient (Wildman–Crippen LogP) is 4.00. The van der Waals surface area contributed by atoms with Gasteiger partial charge in [0.1, 0.15) is 0 Å². The third kappa shape index (κ3) is 5.53. The Balaban J connectivity index is 1.52. The average Bonchev–Trinajstić information content (AvgIpc) is 2.70. The fraction of sp³-hybridized carbons (Fsp3) is 0.208. The second kappa shape index (κ2) is 9.15. The Morgan fingerprint density at radius 1 is 0.815 bits per heavy atom. The molecule has 0 bridgehead atoms. The topological polar surface area (TPSA) is 49.3 Å². The van der Waals surface area contributed by atoms with Crippen molar-refractivity contribution >= 4 is 5.91 Å². The minimum absolute atomic E-state index is 0.0814. The van der Waals surface area contributed by atoms with Crippen molar-refractivity contribution in [2.24, 2.45) is 0 Å². The molecule has 0 fully saturated rings. The molecule has 1 amide bonds. The van der Waals surface area contributed by atoms with Crippen LogP contribution < -0.4 is 5.32 Å². The Hall–Kier alpha value is -2.91. The number of aliphatic hydroxyl groups excluding tert-OH is 1. The number of hydrogen-bond acceptors (Lipinski definition) is 2. The zero-order chi connectivity index (χ0) is 19.1. The zero-order valence-electron chi connectivity index (χ0n) is 15.5. The molecule has 0 spiro atoms. The van der Waals surface area contributed by atoms with Crippen molar-refractivity contribution in [2.45, 2.75) is 31.9 Å². The lowest BCUT2D eigenvalue weighted by molar-refractivity contribution is -0.121. The Morgan fingerprint density at radius 2 is 1.37 bits per heavy atom. The van der Waals surface area contributed by atoms with Gasteiger partial charge in [-0.1, -0.05) is 84.9 Å².